The van der Waals surface area contributed by atoms with Crippen molar-refractivity contribution in [2.75, 3.05) is 11.9 Å². The van der Waals surface area contributed by atoms with E-state index < -0.39 is 17.2 Å². The molecule has 2 aromatic carbocycles. The van der Waals surface area contributed by atoms with E-state index in [1.165, 1.54) is 22.0 Å². The molecule has 5 N–H and O–H groups in total. The quantitative estimate of drug-likeness (QED) is 0.268. The van der Waals surface area contributed by atoms with E-state index in [1.54, 1.807) is 47.2 Å². The second-order valence-corrected chi connectivity index (χ2v) is 9.15. The number of aromatic amines is 1. The lowest BCUT2D eigenvalue weighted by Gasteiger charge is -2.11. The molecule has 5 rings (SSSR count). The van der Waals surface area contributed by atoms with Crippen LogP contribution < -0.4 is 22.3 Å². The van der Waals surface area contributed by atoms with Gasteiger partial charge in [0.25, 0.3) is 5.56 Å². The SMILES string of the molecule is NCC(=O)Nc1cccc(Cn2c(C(=O)O)c(-n3c(=O)[nH]c4cscc4c3=O)c3cc(Cl)ccc32)c1. The van der Waals surface area contributed by atoms with E-state index in [0.29, 0.717) is 32.7 Å². The van der Waals surface area contributed by atoms with Crippen molar-refractivity contribution in [3.8, 4) is 5.69 Å². The van der Waals surface area contributed by atoms with Gasteiger partial charge in [-0.25, -0.2) is 14.2 Å². The number of benzene rings is 2. The molecule has 1 amide bonds. The van der Waals surface area contributed by atoms with Crippen molar-refractivity contribution in [1.29, 1.82) is 0 Å². The van der Waals surface area contributed by atoms with Gasteiger partial charge in [0.2, 0.25) is 5.91 Å². The Kier molecular flexibility index (Phi) is 5.96. The molecular formula is C24H18ClN5O5S. The molecule has 0 aliphatic rings. The van der Waals surface area contributed by atoms with Crippen LogP contribution in [0.15, 0.2) is 62.8 Å². The lowest BCUT2D eigenvalue weighted by molar-refractivity contribution is -0.114. The van der Waals surface area contributed by atoms with Gasteiger partial charge in [-0.1, -0.05) is 23.7 Å². The fraction of sp³-hybridized carbons (Fsp3) is 0.0833. The average molecular weight is 524 g/mol. The Hall–Kier alpha value is -4.19. The number of aromatic nitrogens is 3. The molecule has 0 atom stereocenters. The number of thiophene rings is 1. The maximum Gasteiger partial charge on any atom is 0.354 e. The van der Waals surface area contributed by atoms with Crippen LogP contribution in [0.3, 0.4) is 0 Å². The molecule has 5 aromatic rings. The molecule has 0 bridgehead atoms. The molecule has 36 heavy (non-hydrogen) atoms. The highest BCUT2D eigenvalue weighted by Gasteiger charge is 2.27. The van der Waals surface area contributed by atoms with Gasteiger partial charge in [-0.15, -0.1) is 11.3 Å². The zero-order valence-corrected chi connectivity index (χ0v) is 20.0. The van der Waals surface area contributed by atoms with Crippen LogP contribution >= 0.6 is 22.9 Å². The van der Waals surface area contributed by atoms with Crippen molar-refractivity contribution in [1.82, 2.24) is 14.1 Å². The minimum absolute atomic E-state index is 0.0689. The predicted octanol–water partition coefficient (Wildman–Crippen LogP) is 2.99. The van der Waals surface area contributed by atoms with E-state index in [1.807, 2.05) is 0 Å². The highest BCUT2D eigenvalue weighted by atomic mass is 35.5. The number of carbonyl (C=O) groups excluding carboxylic acids is 1. The molecule has 12 heteroatoms. The molecule has 0 radical (unpaired) electrons. The summed E-state index contributed by atoms with van der Waals surface area (Å²) in [7, 11) is 0. The zero-order chi connectivity index (χ0) is 25.6. The van der Waals surface area contributed by atoms with Gasteiger partial charge in [0.15, 0.2) is 5.69 Å². The molecule has 0 aliphatic carbocycles. The first-order chi connectivity index (χ1) is 17.3. The van der Waals surface area contributed by atoms with E-state index in [-0.39, 0.29) is 35.8 Å². The number of carbonyl (C=O) groups is 2. The van der Waals surface area contributed by atoms with E-state index in [2.05, 4.69) is 10.3 Å². The van der Waals surface area contributed by atoms with Crippen LogP contribution in [0, 0.1) is 0 Å². The number of aromatic carboxylic acids is 1. The lowest BCUT2D eigenvalue weighted by atomic mass is 10.2. The number of hydrogen-bond acceptors (Lipinski definition) is 6. The number of H-pyrrole nitrogens is 1. The maximum absolute atomic E-state index is 13.3. The number of carboxylic acid groups (broad SMARTS) is 1. The van der Waals surface area contributed by atoms with Crippen LogP contribution in [0.25, 0.3) is 27.5 Å². The van der Waals surface area contributed by atoms with Crippen molar-refractivity contribution in [2.24, 2.45) is 5.73 Å². The van der Waals surface area contributed by atoms with Crippen molar-refractivity contribution >= 4 is 62.3 Å². The highest BCUT2D eigenvalue weighted by Crippen LogP contribution is 2.32. The fourth-order valence-electron chi connectivity index (χ4n) is 4.20. The summed E-state index contributed by atoms with van der Waals surface area (Å²) in [5, 5.41) is 17.1. The number of nitrogens with two attached hydrogens (primary N) is 1. The number of hydrogen-bond donors (Lipinski definition) is 4. The number of halogens is 1. The lowest BCUT2D eigenvalue weighted by Crippen LogP contribution is -2.34. The molecule has 0 aliphatic heterocycles. The van der Waals surface area contributed by atoms with Crippen molar-refractivity contribution < 1.29 is 14.7 Å². The van der Waals surface area contributed by atoms with Gasteiger partial charge in [-0.2, -0.15) is 0 Å². The normalized spacial score (nSPS) is 11.3. The molecule has 10 nitrogen and oxygen atoms in total. The number of nitrogens with one attached hydrogen (secondary N) is 2. The Balaban J connectivity index is 1.78. The third-order valence-corrected chi connectivity index (χ3v) is 6.68. The second-order valence-electron chi connectivity index (χ2n) is 7.97. The Bertz CT molecular complexity index is 1800. The number of rotatable bonds is 6. The summed E-state index contributed by atoms with van der Waals surface area (Å²) in [6, 6.07) is 11.6. The summed E-state index contributed by atoms with van der Waals surface area (Å²) in [5.41, 5.74) is 5.63. The Morgan fingerprint density at radius 1 is 1.11 bits per heavy atom. The second kappa shape index (κ2) is 9.11. The van der Waals surface area contributed by atoms with Gasteiger partial charge in [0, 0.05) is 33.4 Å². The van der Waals surface area contributed by atoms with Crippen molar-refractivity contribution in [3.63, 3.8) is 0 Å². The average Bonchev–Trinajstić information content (AvgIpc) is 3.42. The number of nitrogens with zero attached hydrogens (tertiary/aromatic N) is 2. The number of fused-ring (bicyclic) bond motifs is 2. The minimum atomic E-state index is -1.33. The fourth-order valence-corrected chi connectivity index (χ4v) is 5.13. The van der Waals surface area contributed by atoms with Crippen LogP contribution in [0.1, 0.15) is 16.1 Å². The minimum Gasteiger partial charge on any atom is -0.477 e. The third-order valence-electron chi connectivity index (χ3n) is 5.70. The highest BCUT2D eigenvalue weighted by molar-refractivity contribution is 7.09. The Labute approximate surface area is 211 Å². The topological polar surface area (TPSA) is 152 Å². The van der Waals surface area contributed by atoms with Crippen molar-refractivity contribution in [3.05, 3.63) is 90.3 Å². The zero-order valence-electron chi connectivity index (χ0n) is 18.4. The van der Waals surface area contributed by atoms with Gasteiger partial charge in [-0.3, -0.25) is 9.59 Å². The van der Waals surface area contributed by atoms with Crippen LogP contribution in [0.4, 0.5) is 5.69 Å². The van der Waals surface area contributed by atoms with E-state index in [0.717, 1.165) is 4.57 Å². The van der Waals surface area contributed by atoms with E-state index >= 15 is 0 Å². The monoisotopic (exact) mass is 523 g/mol. The molecular weight excluding hydrogens is 506 g/mol. The Morgan fingerprint density at radius 3 is 2.67 bits per heavy atom. The van der Waals surface area contributed by atoms with Gasteiger partial charge in [-0.05, 0) is 35.9 Å². The first-order valence-electron chi connectivity index (χ1n) is 10.6. The third kappa shape index (κ3) is 3.98. The summed E-state index contributed by atoms with van der Waals surface area (Å²) in [6.45, 7) is -0.114. The largest absolute Gasteiger partial charge is 0.477 e. The van der Waals surface area contributed by atoms with Crippen LogP contribution in [-0.4, -0.2) is 37.6 Å². The number of anilines is 1. The first-order valence-corrected chi connectivity index (χ1v) is 12.0. The molecule has 0 saturated carbocycles. The van der Waals surface area contributed by atoms with E-state index in [4.69, 9.17) is 17.3 Å². The molecule has 3 aromatic heterocycles. The summed E-state index contributed by atoms with van der Waals surface area (Å²) in [4.78, 5) is 53.3. The predicted molar refractivity (Wildman–Crippen MR) is 139 cm³/mol. The molecule has 0 spiro atoms. The van der Waals surface area contributed by atoms with Gasteiger partial charge >= 0.3 is 11.7 Å². The maximum atomic E-state index is 13.3. The van der Waals surface area contributed by atoms with Crippen molar-refractivity contribution in [2.45, 2.75) is 6.54 Å². The summed E-state index contributed by atoms with van der Waals surface area (Å²) >= 11 is 7.49. The van der Waals surface area contributed by atoms with Gasteiger partial charge in [0.05, 0.1) is 28.7 Å². The number of carboxylic acids is 1. The van der Waals surface area contributed by atoms with Crippen LogP contribution in [-0.2, 0) is 11.3 Å². The molecule has 3 heterocycles. The summed E-state index contributed by atoms with van der Waals surface area (Å²) < 4.78 is 2.34. The van der Waals surface area contributed by atoms with Crippen LogP contribution in [0.2, 0.25) is 5.02 Å². The summed E-state index contributed by atoms with van der Waals surface area (Å²) in [6.07, 6.45) is 0. The Morgan fingerprint density at radius 2 is 1.92 bits per heavy atom. The van der Waals surface area contributed by atoms with Gasteiger partial charge < -0.3 is 25.7 Å². The molecule has 182 valence electrons. The smallest absolute Gasteiger partial charge is 0.354 e. The van der Waals surface area contributed by atoms with Gasteiger partial charge in [0.1, 0.15) is 0 Å². The molecule has 0 saturated heterocycles. The standard InChI is InChI=1S/C24H18ClN5O5S/c25-13-4-5-18-15(7-13)20(30-22(32)16-10-36-11-17(16)28-24(30)35)21(23(33)34)29(18)9-12-2-1-3-14(6-12)27-19(31)8-26/h1-7,10-11H,8-9,26H2,(H,27,31)(H,28,35)(H,33,34). The molecule has 0 fully saturated rings. The van der Waals surface area contributed by atoms with E-state index in [9.17, 15) is 24.3 Å². The number of amides is 1. The first kappa shape index (κ1) is 23.5. The summed E-state index contributed by atoms with van der Waals surface area (Å²) in [5.74, 6) is -1.70. The van der Waals surface area contributed by atoms with Crippen LogP contribution in [0.5, 0.6) is 0 Å². The molecule has 0 unspecified atom stereocenters.